The van der Waals surface area contributed by atoms with Crippen molar-refractivity contribution in [3.63, 3.8) is 0 Å². The van der Waals surface area contributed by atoms with E-state index in [0.29, 0.717) is 27.5 Å². The minimum absolute atomic E-state index is 0.123. The van der Waals surface area contributed by atoms with Gasteiger partial charge in [-0.05, 0) is 62.4 Å². The Morgan fingerprint density at radius 2 is 2.03 bits per heavy atom. The zero-order chi connectivity index (χ0) is 20.1. The van der Waals surface area contributed by atoms with Crippen LogP contribution in [0.25, 0.3) is 5.69 Å². The minimum Gasteiger partial charge on any atom is -0.296 e. The fraction of sp³-hybridized carbons (Fsp3) is 0.455. The molecule has 2 aliphatic heterocycles. The van der Waals surface area contributed by atoms with Crippen molar-refractivity contribution in [2.75, 3.05) is 19.6 Å². The second-order valence-electron chi connectivity index (χ2n) is 8.14. The molecule has 2 atom stereocenters. The van der Waals surface area contributed by atoms with E-state index in [1.807, 2.05) is 28.6 Å². The minimum atomic E-state index is 0.123. The van der Waals surface area contributed by atoms with Crippen molar-refractivity contribution in [3.05, 3.63) is 56.2 Å². The van der Waals surface area contributed by atoms with Crippen LogP contribution >= 0.6 is 35.0 Å². The first-order chi connectivity index (χ1) is 14.0. The lowest BCUT2D eigenvalue weighted by molar-refractivity contribution is 0.0909. The van der Waals surface area contributed by atoms with E-state index in [1.54, 1.807) is 6.07 Å². The number of nitrogens with zero attached hydrogens (tertiary/aromatic N) is 3. The molecule has 0 amide bonds. The average molecular weight is 448 g/mol. The summed E-state index contributed by atoms with van der Waals surface area (Å²) in [6.45, 7) is 4.61. The summed E-state index contributed by atoms with van der Waals surface area (Å²) in [5, 5.41) is 6.40. The highest BCUT2D eigenvalue weighted by molar-refractivity contribution is 8.03. The van der Waals surface area contributed by atoms with E-state index in [2.05, 4.69) is 17.9 Å². The molecular weight excluding hydrogens is 425 g/mol. The Bertz CT molecular complexity index is 1010. The van der Waals surface area contributed by atoms with Gasteiger partial charge in [0.05, 0.1) is 22.9 Å². The molecule has 0 N–H and O–H groups in total. The molecule has 0 saturated carbocycles. The maximum atomic E-state index is 13.2. The lowest BCUT2D eigenvalue weighted by Gasteiger charge is -2.25. The van der Waals surface area contributed by atoms with Crippen LogP contribution in [0.3, 0.4) is 0 Å². The number of benzene rings is 1. The van der Waals surface area contributed by atoms with Crippen molar-refractivity contribution in [2.24, 2.45) is 0 Å². The third-order valence-corrected chi connectivity index (χ3v) is 7.92. The number of hydrogen-bond donors (Lipinski definition) is 0. The predicted octanol–water partition coefficient (Wildman–Crippen LogP) is 5.51. The van der Waals surface area contributed by atoms with E-state index in [4.69, 9.17) is 28.3 Å². The van der Waals surface area contributed by atoms with E-state index in [0.717, 1.165) is 36.5 Å². The van der Waals surface area contributed by atoms with Gasteiger partial charge < -0.3 is 0 Å². The van der Waals surface area contributed by atoms with Gasteiger partial charge in [0.25, 0.3) is 0 Å². The van der Waals surface area contributed by atoms with Crippen LogP contribution in [0.1, 0.15) is 53.8 Å². The monoisotopic (exact) mass is 447 g/mol. The van der Waals surface area contributed by atoms with Crippen molar-refractivity contribution in [1.82, 2.24) is 14.7 Å². The number of carbonyl (C=O) groups excluding carboxylic acids is 1. The number of rotatable bonds is 4. The summed E-state index contributed by atoms with van der Waals surface area (Å²) in [6, 6.07) is 5.45. The molecule has 0 spiro atoms. The summed E-state index contributed by atoms with van der Waals surface area (Å²) in [5.41, 5.74) is 3.63. The highest BCUT2D eigenvalue weighted by Crippen LogP contribution is 2.51. The molecule has 29 heavy (non-hydrogen) atoms. The molecule has 5 rings (SSSR count). The van der Waals surface area contributed by atoms with Gasteiger partial charge in [0.2, 0.25) is 0 Å². The smallest absolute Gasteiger partial charge is 0.197 e. The highest BCUT2D eigenvalue weighted by Gasteiger charge is 2.42. The maximum absolute atomic E-state index is 13.2. The SMILES string of the molecule is CC1=CC2c3c(c(C(=O)CN4CCCCC4)nn3-c3ccc(Cl)cc3Cl)CC2S1. The van der Waals surface area contributed by atoms with E-state index in [-0.39, 0.29) is 11.7 Å². The van der Waals surface area contributed by atoms with E-state index in [1.165, 1.54) is 24.2 Å². The first-order valence-corrected chi connectivity index (χ1v) is 11.8. The predicted molar refractivity (Wildman–Crippen MR) is 120 cm³/mol. The van der Waals surface area contributed by atoms with Gasteiger partial charge in [0, 0.05) is 21.8 Å². The number of halogens is 2. The molecule has 1 aromatic carbocycles. The third kappa shape index (κ3) is 3.56. The lowest BCUT2D eigenvalue weighted by Crippen LogP contribution is -2.34. The van der Waals surface area contributed by atoms with Crippen LogP contribution < -0.4 is 0 Å². The number of fused-ring (bicyclic) bond motifs is 3. The molecule has 0 radical (unpaired) electrons. The van der Waals surface area contributed by atoms with E-state index in [9.17, 15) is 4.79 Å². The van der Waals surface area contributed by atoms with Crippen molar-refractivity contribution in [3.8, 4) is 5.69 Å². The van der Waals surface area contributed by atoms with Crippen molar-refractivity contribution in [2.45, 2.75) is 43.8 Å². The summed E-state index contributed by atoms with van der Waals surface area (Å²) < 4.78 is 1.90. The number of aromatic nitrogens is 2. The Hall–Kier alpha value is -1.27. The molecule has 1 aromatic heterocycles. The number of likely N-dealkylation sites (tertiary alicyclic amines) is 1. The molecule has 0 bridgehead atoms. The van der Waals surface area contributed by atoms with Crippen LogP contribution in [-0.4, -0.2) is 45.3 Å². The van der Waals surface area contributed by atoms with Gasteiger partial charge in [0.15, 0.2) is 5.78 Å². The Kier molecular flexibility index (Phi) is 5.27. The largest absolute Gasteiger partial charge is 0.296 e. The molecule has 1 aliphatic carbocycles. The summed E-state index contributed by atoms with van der Waals surface area (Å²) >= 11 is 14.5. The van der Waals surface area contributed by atoms with E-state index < -0.39 is 0 Å². The van der Waals surface area contributed by atoms with E-state index >= 15 is 0 Å². The lowest BCUT2D eigenvalue weighted by atomic mass is 10.1. The molecule has 4 nitrogen and oxygen atoms in total. The van der Waals surface area contributed by atoms with Crippen LogP contribution in [-0.2, 0) is 6.42 Å². The normalized spacial score (nSPS) is 23.8. The first-order valence-electron chi connectivity index (χ1n) is 10.2. The van der Waals surface area contributed by atoms with Gasteiger partial charge >= 0.3 is 0 Å². The Balaban J connectivity index is 1.57. The Morgan fingerprint density at radius 3 is 2.79 bits per heavy atom. The van der Waals surface area contributed by atoms with Gasteiger partial charge in [-0.1, -0.05) is 35.7 Å². The van der Waals surface area contributed by atoms with Gasteiger partial charge in [0.1, 0.15) is 5.69 Å². The molecule has 152 valence electrons. The summed E-state index contributed by atoms with van der Waals surface area (Å²) in [7, 11) is 0. The quantitative estimate of drug-likeness (QED) is 0.579. The van der Waals surface area contributed by atoms with Gasteiger partial charge in [-0.3, -0.25) is 9.69 Å². The van der Waals surface area contributed by atoms with Gasteiger partial charge in [-0.2, -0.15) is 5.10 Å². The van der Waals surface area contributed by atoms with Crippen LogP contribution in [0.5, 0.6) is 0 Å². The number of hydrogen-bond acceptors (Lipinski definition) is 4. The van der Waals surface area contributed by atoms with Gasteiger partial charge in [-0.25, -0.2) is 4.68 Å². The third-order valence-electron chi connectivity index (χ3n) is 6.11. The summed E-state index contributed by atoms with van der Waals surface area (Å²) in [6.07, 6.45) is 6.79. The number of thioether (sulfide) groups is 1. The van der Waals surface area contributed by atoms with Gasteiger partial charge in [-0.15, -0.1) is 11.8 Å². The molecule has 3 heterocycles. The zero-order valence-electron chi connectivity index (χ0n) is 16.3. The molecule has 7 heteroatoms. The van der Waals surface area contributed by atoms with Crippen molar-refractivity contribution < 1.29 is 4.79 Å². The topological polar surface area (TPSA) is 38.1 Å². The maximum Gasteiger partial charge on any atom is 0.197 e. The molecule has 3 aliphatic rings. The number of carbonyl (C=O) groups is 1. The zero-order valence-corrected chi connectivity index (χ0v) is 18.7. The molecule has 2 unspecified atom stereocenters. The standard InChI is InChI=1S/C22H23Cl2N3OS/c1-13-9-15-20(29-13)11-16-21(19(28)12-26-7-3-2-4-8-26)25-27(22(15)16)18-6-5-14(23)10-17(18)24/h5-6,9-10,15,20H,2-4,7-8,11-12H2,1H3. The fourth-order valence-electron chi connectivity index (χ4n) is 4.80. The molecule has 1 fully saturated rings. The number of ketones is 1. The second-order valence-corrected chi connectivity index (χ2v) is 10.5. The number of allylic oxidation sites excluding steroid dienone is 2. The van der Waals surface area contributed by atoms with Crippen LogP contribution in [0, 0.1) is 0 Å². The number of Topliss-reactive ketones (excluding diaryl/α,β-unsaturated/α-hetero) is 1. The van der Waals surface area contributed by atoms with Crippen molar-refractivity contribution in [1.29, 1.82) is 0 Å². The van der Waals surface area contributed by atoms with Crippen LogP contribution in [0.2, 0.25) is 10.0 Å². The Morgan fingerprint density at radius 1 is 1.24 bits per heavy atom. The molecule has 2 aromatic rings. The molecule has 1 saturated heterocycles. The summed E-state index contributed by atoms with van der Waals surface area (Å²) in [5.74, 6) is 0.392. The summed E-state index contributed by atoms with van der Waals surface area (Å²) in [4.78, 5) is 16.8. The first kappa shape index (κ1) is 19.7. The average Bonchev–Trinajstić information content (AvgIpc) is 3.32. The number of piperidine rings is 1. The van der Waals surface area contributed by atoms with Crippen molar-refractivity contribution >= 4 is 40.7 Å². The molecular formula is C22H23Cl2N3OS. The fourth-order valence-corrected chi connectivity index (χ4v) is 6.59. The second kappa shape index (κ2) is 7.77. The highest BCUT2D eigenvalue weighted by atomic mass is 35.5. The Labute approximate surface area is 185 Å². The van der Waals surface area contributed by atoms with Crippen LogP contribution in [0.4, 0.5) is 0 Å². The van der Waals surface area contributed by atoms with Crippen LogP contribution in [0.15, 0.2) is 29.2 Å².